The lowest BCUT2D eigenvalue weighted by atomic mass is 10.4. The maximum Gasteiger partial charge on any atom is 0.0429 e. The van der Waals surface area contributed by atoms with Gasteiger partial charge in [-0.3, -0.25) is 0 Å². The number of allylic oxidation sites excluding steroid dienone is 2. The quantitative estimate of drug-likeness (QED) is 0.605. The predicted octanol–water partition coefficient (Wildman–Crippen LogP) is 3.07. The average molecular weight is 228 g/mol. The molecule has 0 unspecified atom stereocenters. The zero-order valence-corrected chi connectivity index (χ0v) is 7.58. The summed E-state index contributed by atoms with van der Waals surface area (Å²) in [4.78, 5) is 0.456. The standard InChI is InChI=1S/C5H8Br2/c1-3-5(7)4(2)6/h3-4H,1-2H3/b5-3-/t4-/m0/s1. The smallest absolute Gasteiger partial charge is 0.0429 e. The normalized spacial score (nSPS) is 16.9. The molecule has 2 heteroatoms. The van der Waals surface area contributed by atoms with Gasteiger partial charge in [-0.25, -0.2) is 0 Å². The van der Waals surface area contributed by atoms with Gasteiger partial charge in [0.05, 0.1) is 0 Å². The highest BCUT2D eigenvalue weighted by molar-refractivity contribution is 9.14. The van der Waals surface area contributed by atoms with Crippen LogP contribution in [0.2, 0.25) is 0 Å². The Morgan fingerprint density at radius 2 is 2.14 bits per heavy atom. The van der Waals surface area contributed by atoms with Crippen molar-refractivity contribution in [3.63, 3.8) is 0 Å². The first-order chi connectivity index (χ1) is 3.18. The molecule has 0 aliphatic carbocycles. The molecule has 0 bridgehead atoms. The van der Waals surface area contributed by atoms with Gasteiger partial charge in [0, 0.05) is 9.31 Å². The number of hydrogen-bond acceptors (Lipinski definition) is 0. The van der Waals surface area contributed by atoms with E-state index in [0.717, 1.165) is 0 Å². The number of alkyl halides is 1. The van der Waals surface area contributed by atoms with Gasteiger partial charge in [0.15, 0.2) is 0 Å². The van der Waals surface area contributed by atoms with Crippen molar-refractivity contribution in [2.45, 2.75) is 18.7 Å². The van der Waals surface area contributed by atoms with E-state index >= 15 is 0 Å². The van der Waals surface area contributed by atoms with Crippen molar-refractivity contribution >= 4 is 31.9 Å². The second kappa shape index (κ2) is 3.67. The lowest BCUT2D eigenvalue weighted by Gasteiger charge is -1.95. The SMILES string of the molecule is C/C=C(\Br)[C@H](C)Br. The molecule has 0 aliphatic heterocycles. The summed E-state index contributed by atoms with van der Waals surface area (Å²) in [5.74, 6) is 0. The highest BCUT2D eigenvalue weighted by Crippen LogP contribution is 2.16. The molecule has 0 aliphatic rings. The third-order valence-electron chi connectivity index (χ3n) is 0.656. The lowest BCUT2D eigenvalue weighted by molar-refractivity contribution is 1.25. The van der Waals surface area contributed by atoms with Gasteiger partial charge in [0.25, 0.3) is 0 Å². The zero-order valence-electron chi connectivity index (χ0n) is 4.41. The minimum absolute atomic E-state index is 0.456. The van der Waals surface area contributed by atoms with E-state index in [-0.39, 0.29) is 0 Å². The molecule has 0 rings (SSSR count). The Labute approximate surface area is 61.2 Å². The van der Waals surface area contributed by atoms with Gasteiger partial charge >= 0.3 is 0 Å². The summed E-state index contributed by atoms with van der Waals surface area (Å²) in [5, 5.41) is 0. The summed E-state index contributed by atoms with van der Waals surface area (Å²) in [6.45, 7) is 4.08. The van der Waals surface area contributed by atoms with Crippen LogP contribution >= 0.6 is 31.9 Å². The van der Waals surface area contributed by atoms with E-state index < -0.39 is 0 Å². The van der Waals surface area contributed by atoms with Crippen LogP contribution in [0.1, 0.15) is 13.8 Å². The van der Waals surface area contributed by atoms with Crippen molar-refractivity contribution in [1.82, 2.24) is 0 Å². The zero-order chi connectivity index (χ0) is 5.86. The predicted molar refractivity (Wildman–Crippen MR) is 41.1 cm³/mol. The second-order valence-electron chi connectivity index (χ2n) is 1.29. The van der Waals surface area contributed by atoms with Gasteiger partial charge in [-0.2, -0.15) is 0 Å². The minimum Gasteiger partial charge on any atom is -0.0836 e. The lowest BCUT2D eigenvalue weighted by Crippen LogP contribution is -1.85. The Kier molecular flexibility index (Phi) is 4.04. The fraction of sp³-hybridized carbons (Fsp3) is 0.600. The number of halogens is 2. The molecule has 0 aromatic heterocycles. The molecule has 0 N–H and O–H groups in total. The highest BCUT2D eigenvalue weighted by atomic mass is 79.9. The van der Waals surface area contributed by atoms with Gasteiger partial charge in [-0.1, -0.05) is 37.9 Å². The van der Waals surface area contributed by atoms with E-state index in [1.165, 1.54) is 4.48 Å². The molecule has 0 amide bonds. The number of rotatable bonds is 1. The van der Waals surface area contributed by atoms with Crippen molar-refractivity contribution in [3.8, 4) is 0 Å². The summed E-state index contributed by atoms with van der Waals surface area (Å²) in [7, 11) is 0. The molecule has 0 radical (unpaired) electrons. The van der Waals surface area contributed by atoms with Crippen LogP contribution in [0.15, 0.2) is 10.6 Å². The second-order valence-corrected chi connectivity index (χ2v) is 3.58. The van der Waals surface area contributed by atoms with E-state index in [1.807, 2.05) is 13.0 Å². The van der Waals surface area contributed by atoms with E-state index in [0.29, 0.717) is 4.83 Å². The Bertz CT molecular complexity index is 74.1. The van der Waals surface area contributed by atoms with Crippen LogP contribution < -0.4 is 0 Å². The third-order valence-corrected chi connectivity index (χ3v) is 2.91. The molecule has 0 saturated carbocycles. The van der Waals surface area contributed by atoms with Gasteiger partial charge in [0.1, 0.15) is 0 Å². The van der Waals surface area contributed by atoms with Crippen LogP contribution in [0.25, 0.3) is 0 Å². The molecule has 0 spiro atoms. The van der Waals surface area contributed by atoms with Crippen LogP contribution in [-0.4, -0.2) is 4.83 Å². The van der Waals surface area contributed by atoms with E-state index in [4.69, 9.17) is 0 Å². The fourth-order valence-electron chi connectivity index (χ4n) is 0.230. The van der Waals surface area contributed by atoms with Crippen LogP contribution in [0.4, 0.5) is 0 Å². The fourth-order valence-corrected chi connectivity index (χ4v) is 0.494. The van der Waals surface area contributed by atoms with Crippen LogP contribution in [0.5, 0.6) is 0 Å². The molecular weight excluding hydrogens is 220 g/mol. The van der Waals surface area contributed by atoms with Crippen LogP contribution in [-0.2, 0) is 0 Å². The largest absolute Gasteiger partial charge is 0.0836 e. The molecule has 0 nitrogen and oxygen atoms in total. The monoisotopic (exact) mass is 226 g/mol. The van der Waals surface area contributed by atoms with Crippen LogP contribution in [0.3, 0.4) is 0 Å². The Hall–Kier alpha value is 0.700. The Balaban J connectivity index is 3.56. The van der Waals surface area contributed by atoms with E-state index in [9.17, 15) is 0 Å². The molecule has 0 aromatic rings. The molecule has 0 heterocycles. The maximum atomic E-state index is 3.38. The van der Waals surface area contributed by atoms with Gasteiger partial charge in [0.2, 0.25) is 0 Å². The molecule has 0 saturated heterocycles. The molecule has 0 fully saturated rings. The van der Waals surface area contributed by atoms with E-state index in [1.54, 1.807) is 0 Å². The van der Waals surface area contributed by atoms with Gasteiger partial charge < -0.3 is 0 Å². The Morgan fingerprint density at radius 1 is 1.71 bits per heavy atom. The first-order valence-corrected chi connectivity index (χ1v) is 3.85. The molecule has 1 atom stereocenters. The highest BCUT2D eigenvalue weighted by Gasteiger charge is 1.94. The maximum absolute atomic E-state index is 3.38. The van der Waals surface area contributed by atoms with Crippen LogP contribution in [0, 0.1) is 0 Å². The van der Waals surface area contributed by atoms with Crippen molar-refractivity contribution in [2.75, 3.05) is 0 Å². The third kappa shape index (κ3) is 3.30. The summed E-state index contributed by atoms with van der Waals surface area (Å²) >= 11 is 6.74. The first-order valence-electron chi connectivity index (χ1n) is 2.14. The van der Waals surface area contributed by atoms with Crippen molar-refractivity contribution < 1.29 is 0 Å². The molecular formula is C5H8Br2. The Morgan fingerprint density at radius 3 is 2.14 bits per heavy atom. The van der Waals surface area contributed by atoms with Gasteiger partial charge in [-0.15, -0.1) is 0 Å². The van der Waals surface area contributed by atoms with Crippen molar-refractivity contribution in [1.29, 1.82) is 0 Å². The summed E-state index contributed by atoms with van der Waals surface area (Å²) < 4.78 is 1.20. The topological polar surface area (TPSA) is 0 Å². The minimum atomic E-state index is 0.456. The summed E-state index contributed by atoms with van der Waals surface area (Å²) in [6.07, 6.45) is 2.03. The van der Waals surface area contributed by atoms with Crippen molar-refractivity contribution in [3.05, 3.63) is 10.6 Å². The van der Waals surface area contributed by atoms with Gasteiger partial charge in [-0.05, 0) is 13.8 Å². The average Bonchev–Trinajstić information content (AvgIpc) is 1.65. The molecule has 0 aromatic carbocycles. The van der Waals surface area contributed by atoms with E-state index in [2.05, 4.69) is 38.8 Å². The molecule has 7 heavy (non-hydrogen) atoms. The molecule has 42 valence electrons. The summed E-state index contributed by atoms with van der Waals surface area (Å²) in [5.41, 5.74) is 0. The summed E-state index contributed by atoms with van der Waals surface area (Å²) in [6, 6.07) is 0. The first kappa shape index (κ1) is 7.70. The number of hydrogen-bond donors (Lipinski definition) is 0. The van der Waals surface area contributed by atoms with Crippen molar-refractivity contribution in [2.24, 2.45) is 0 Å².